The van der Waals surface area contributed by atoms with Crippen LogP contribution in [0, 0.1) is 0 Å². The summed E-state index contributed by atoms with van der Waals surface area (Å²) < 4.78 is 11.6. The van der Waals surface area contributed by atoms with Crippen LogP contribution in [0.4, 0.5) is 0 Å². The molecule has 3 heteroatoms. The van der Waals surface area contributed by atoms with Crippen LogP contribution in [0.3, 0.4) is 0 Å². The minimum Gasteiger partial charge on any atom is -0.456 e. The van der Waals surface area contributed by atoms with Crippen molar-refractivity contribution in [2.75, 3.05) is 0 Å². The van der Waals surface area contributed by atoms with Gasteiger partial charge in [0.25, 0.3) is 0 Å². The van der Waals surface area contributed by atoms with Crippen LogP contribution < -0.4 is 0 Å². The summed E-state index contributed by atoms with van der Waals surface area (Å²) in [5.74, 6) is 0. The van der Waals surface area contributed by atoms with E-state index in [0.717, 1.165) is 38.8 Å². The van der Waals surface area contributed by atoms with Gasteiger partial charge in [0.15, 0.2) is 0 Å². The van der Waals surface area contributed by atoms with Gasteiger partial charge in [0.2, 0.25) is 0 Å². The van der Waals surface area contributed by atoms with Crippen LogP contribution in [0.5, 0.6) is 0 Å². The number of fused-ring (bicyclic) bond motifs is 14. The summed E-state index contributed by atoms with van der Waals surface area (Å²) in [7, 11) is 0. The number of rotatable bonds is 3. The van der Waals surface area contributed by atoms with E-state index in [2.05, 4.69) is 191 Å². The van der Waals surface area contributed by atoms with Crippen molar-refractivity contribution in [1.29, 1.82) is 0 Å². The second-order valence-corrected chi connectivity index (χ2v) is 14.8. The molecule has 0 saturated heterocycles. The highest BCUT2D eigenvalue weighted by molar-refractivity contribution is 6.29. The third kappa shape index (κ3) is 3.84. The predicted octanol–water partition coefficient (Wildman–Crippen LogP) is 14.2. The Morgan fingerprint density at radius 1 is 0.327 bits per heavy atom. The van der Waals surface area contributed by atoms with E-state index in [1.807, 2.05) is 0 Å². The number of benzene rings is 9. The smallest absolute Gasteiger partial charge is 0.137 e. The SMILES string of the molecule is c1ccc(-c2ccc(-n3c4ccccc4c4ccc5c6ccc7oc8ccccc8c7c6n(-c6ccc7c(c6)-c6cccc8cccc-7c68)c5c43)cc2)cc1. The molecule has 0 bridgehead atoms. The molecule has 12 aromatic rings. The number of furan rings is 1. The lowest BCUT2D eigenvalue weighted by Crippen LogP contribution is -1.99. The van der Waals surface area contributed by atoms with Crippen LogP contribution >= 0.6 is 0 Å². The zero-order valence-electron chi connectivity index (χ0n) is 29.6. The molecule has 3 aromatic heterocycles. The van der Waals surface area contributed by atoms with Crippen molar-refractivity contribution in [2.45, 2.75) is 0 Å². The molecule has 3 heterocycles. The summed E-state index contributed by atoms with van der Waals surface area (Å²) in [6.07, 6.45) is 0. The van der Waals surface area contributed by atoms with Gasteiger partial charge >= 0.3 is 0 Å². The maximum atomic E-state index is 6.56. The largest absolute Gasteiger partial charge is 0.456 e. The number of para-hydroxylation sites is 2. The minimum atomic E-state index is 0.893. The first-order chi connectivity index (χ1) is 27.3. The van der Waals surface area contributed by atoms with Crippen molar-refractivity contribution >= 4 is 76.3 Å². The fourth-order valence-electron chi connectivity index (χ4n) is 9.72. The van der Waals surface area contributed by atoms with E-state index >= 15 is 0 Å². The fourth-order valence-corrected chi connectivity index (χ4v) is 9.72. The summed E-state index contributed by atoms with van der Waals surface area (Å²) in [5.41, 5.74) is 16.3. The fraction of sp³-hybridized carbons (Fsp3) is 0. The van der Waals surface area contributed by atoms with E-state index in [1.165, 1.54) is 82.2 Å². The average molecular weight is 699 g/mol. The van der Waals surface area contributed by atoms with Gasteiger partial charge in [-0.2, -0.15) is 0 Å². The Bertz CT molecular complexity index is 3570. The lowest BCUT2D eigenvalue weighted by atomic mass is 10.0. The first-order valence-corrected chi connectivity index (χ1v) is 18.9. The van der Waals surface area contributed by atoms with E-state index in [1.54, 1.807) is 0 Å². The Kier molecular flexibility index (Phi) is 5.63. The monoisotopic (exact) mass is 698 g/mol. The molecule has 0 radical (unpaired) electrons. The van der Waals surface area contributed by atoms with Crippen molar-refractivity contribution in [3.63, 3.8) is 0 Å². The van der Waals surface area contributed by atoms with Crippen molar-refractivity contribution in [1.82, 2.24) is 9.13 Å². The Morgan fingerprint density at radius 2 is 0.964 bits per heavy atom. The molecular formula is C52H30N2O. The second kappa shape index (κ2) is 10.6. The standard InChI is InChI=1S/C52H30N2O/c1-2-10-31(11-3-1)32-20-22-34(23-21-32)53-45-18-6-4-14-37(45)40-26-27-42-41-28-29-47-49(43-15-5-7-19-46(43)55-47)50(41)54(52(42)51(40)53)35-24-25-36-38-16-8-12-33-13-9-17-39(48(33)38)44(36)30-35/h1-30H. The molecule has 0 aliphatic heterocycles. The van der Waals surface area contributed by atoms with Crippen LogP contribution in [-0.4, -0.2) is 9.13 Å². The average Bonchev–Trinajstić information content (AvgIpc) is 3.98. The molecule has 0 N–H and O–H groups in total. The second-order valence-electron chi connectivity index (χ2n) is 14.8. The summed E-state index contributed by atoms with van der Waals surface area (Å²) >= 11 is 0. The number of aromatic nitrogens is 2. The Morgan fingerprint density at radius 3 is 1.80 bits per heavy atom. The van der Waals surface area contributed by atoms with Crippen LogP contribution in [0.1, 0.15) is 0 Å². The van der Waals surface area contributed by atoms with Crippen molar-refractivity contribution in [3.05, 3.63) is 182 Å². The number of nitrogens with zero attached hydrogens (tertiary/aromatic N) is 2. The number of hydrogen-bond acceptors (Lipinski definition) is 1. The van der Waals surface area contributed by atoms with Gasteiger partial charge in [0, 0.05) is 38.3 Å². The predicted molar refractivity (Wildman–Crippen MR) is 230 cm³/mol. The Labute approximate surface area is 315 Å². The topological polar surface area (TPSA) is 23.0 Å². The van der Waals surface area contributed by atoms with Gasteiger partial charge in [-0.25, -0.2) is 0 Å². The van der Waals surface area contributed by atoms with E-state index in [-0.39, 0.29) is 0 Å². The van der Waals surface area contributed by atoms with Gasteiger partial charge in [0.1, 0.15) is 11.2 Å². The molecule has 9 aromatic carbocycles. The molecule has 254 valence electrons. The molecule has 55 heavy (non-hydrogen) atoms. The lowest BCUT2D eigenvalue weighted by molar-refractivity contribution is 0.669. The van der Waals surface area contributed by atoms with Gasteiger partial charge in [-0.1, -0.05) is 133 Å². The summed E-state index contributed by atoms with van der Waals surface area (Å²) in [5, 5.41) is 9.76. The minimum absolute atomic E-state index is 0.893. The molecule has 0 amide bonds. The van der Waals surface area contributed by atoms with Crippen LogP contribution in [0.25, 0.3) is 121 Å². The third-order valence-electron chi connectivity index (χ3n) is 12.0. The van der Waals surface area contributed by atoms with Gasteiger partial charge in [-0.15, -0.1) is 0 Å². The highest BCUT2D eigenvalue weighted by Crippen LogP contribution is 2.50. The normalized spacial score (nSPS) is 12.4. The Balaban J connectivity index is 1.20. The van der Waals surface area contributed by atoms with Crippen LogP contribution in [0.15, 0.2) is 186 Å². The molecule has 0 atom stereocenters. The Hall–Kier alpha value is -7.36. The number of hydrogen-bond donors (Lipinski definition) is 0. The first-order valence-electron chi connectivity index (χ1n) is 18.9. The molecule has 0 fully saturated rings. The summed E-state index contributed by atoms with van der Waals surface area (Å²) in [6.45, 7) is 0. The molecular weight excluding hydrogens is 669 g/mol. The highest BCUT2D eigenvalue weighted by Gasteiger charge is 2.26. The maximum Gasteiger partial charge on any atom is 0.137 e. The van der Waals surface area contributed by atoms with Crippen molar-refractivity contribution < 1.29 is 4.42 Å². The lowest BCUT2D eigenvalue weighted by Gasteiger charge is -2.14. The molecule has 1 aliphatic carbocycles. The van der Waals surface area contributed by atoms with Crippen LogP contribution in [0.2, 0.25) is 0 Å². The zero-order valence-corrected chi connectivity index (χ0v) is 29.6. The van der Waals surface area contributed by atoms with E-state index in [4.69, 9.17) is 4.42 Å². The molecule has 13 rings (SSSR count). The van der Waals surface area contributed by atoms with Gasteiger partial charge in [0.05, 0.1) is 27.5 Å². The quantitative estimate of drug-likeness (QED) is 0.180. The van der Waals surface area contributed by atoms with Gasteiger partial charge in [-0.05, 0) is 92.7 Å². The maximum absolute atomic E-state index is 6.56. The molecule has 0 unspecified atom stereocenters. The van der Waals surface area contributed by atoms with E-state index < -0.39 is 0 Å². The summed E-state index contributed by atoms with van der Waals surface area (Å²) in [6, 6.07) is 66.5. The van der Waals surface area contributed by atoms with Gasteiger partial charge < -0.3 is 13.6 Å². The molecule has 0 saturated carbocycles. The van der Waals surface area contributed by atoms with E-state index in [9.17, 15) is 0 Å². The zero-order chi connectivity index (χ0) is 35.8. The molecule has 0 spiro atoms. The molecule has 3 nitrogen and oxygen atoms in total. The third-order valence-corrected chi connectivity index (χ3v) is 12.0. The first kappa shape index (κ1) is 29.1. The molecule has 1 aliphatic rings. The van der Waals surface area contributed by atoms with Crippen LogP contribution in [-0.2, 0) is 0 Å². The highest BCUT2D eigenvalue weighted by atomic mass is 16.3. The van der Waals surface area contributed by atoms with Crippen molar-refractivity contribution in [3.8, 4) is 44.8 Å². The summed E-state index contributed by atoms with van der Waals surface area (Å²) in [4.78, 5) is 0. The van der Waals surface area contributed by atoms with E-state index in [0.29, 0.717) is 0 Å². The van der Waals surface area contributed by atoms with Crippen molar-refractivity contribution in [2.24, 2.45) is 0 Å². The van der Waals surface area contributed by atoms with Gasteiger partial charge in [-0.3, -0.25) is 0 Å².